The molecular weight excluding hydrogens is 256 g/mol. The SMILES string of the molecule is Cc1ccc(OCc2nc(C3CC3)c(C#N)s2)cc1. The molecule has 0 saturated heterocycles. The number of thiazole rings is 1. The fourth-order valence-corrected chi connectivity index (χ4v) is 2.79. The predicted molar refractivity (Wildman–Crippen MR) is 74.3 cm³/mol. The molecule has 3 rings (SSSR count). The Morgan fingerprint density at radius 3 is 2.74 bits per heavy atom. The van der Waals surface area contributed by atoms with Crippen LogP contribution in [0.2, 0.25) is 0 Å². The summed E-state index contributed by atoms with van der Waals surface area (Å²) in [5.74, 6) is 1.35. The zero-order valence-corrected chi connectivity index (χ0v) is 11.5. The van der Waals surface area contributed by atoms with E-state index in [-0.39, 0.29) is 0 Å². The molecule has 0 unspecified atom stereocenters. The van der Waals surface area contributed by atoms with Crippen molar-refractivity contribution in [2.45, 2.75) is 32.3 Å². The van der Waals surface area contributed by atoms with Crippen LogP contribution < -0.4 is 4.74 Å². The van der Waals surface area contributed by atoms with Gasteiger partial charge in [-0.25, -0.2) is 4.98 Å². The molecule has 1 aromatic heterocycles. The predicted octanol–water partition coefficient (Wildman–Crippen LogP) is 3.78. The summed E-state index contributed by atoms with van der Waals surface area (Å²) < 4.78 is 5.70. The first-order chi connectivity index (χ1) is 9.26. The smallest absolute Gasteiger partial charge is 0.140 e. The average molecular weight is 270 g/mol. The van der Waals surface area contributed by atoms with Gasteiger partial charge in [-0.1, -0.05) is 17.7 Å². The van der Waals surface area contributed by atoms with Gasteiger partial charge in [-0.05, 0) is 31.9 Å². The van der Waals surface area contributed by atoms with Gasteiger partial charge >= 0.3 is 0 Å². The molecule has 2 aromatic rings. The third-order valence-corrected chi connectivity index (χ3v) is 4.10. The first kappa shape index (κ1) is 12.2. The molecule has 19 heavy (non-hydrogen) atoms. The standard InChI is InChI=1S/C15H14N2OS/c1-10-2-6-12(7-3-10)18-9-14-17-15(11-4-5-11)13(8-16)19-14/h2-3,6-7,11H,4-5,9H2,1H3. The molecule has 0 aliphatic heterocycles. The van der Waals surface area contributed by atoms with E-state index in [2.05, 4.69) is 11.1 Å². The fourth-order valence-electron chi connectivity index (χ4n) is 1.93. The van der Waals surface area contributed by atoms with Crippen molar-refractivity contribution in [3.8, 4) is 11.8 Å². The Morgan fingerprint density at radius 2 is 2.11 bits per heavy atom. The second-order valence-corrected chi connectivity index (χ2v) is 5.89. The number of hydrogen-bond donors (Lipinski definition) is 0. The molecule has 1 aromatic carbocycles. The second kappa shape index (κ2) is 5.02. The van der Waals surface area contributed by atoms with E-state index in [9.17, 15) is 0 Å². The highest BCUT2D eigenvalue weighted by Gasteiger charge is 2.29. The number of hydrogen-bond acceptors (Lipinski definition) is 4. The summed E-state index contributed by atoms with van der Waals surface area (Å²) in [6, 6.07) is 10.2. The Labute approximate surface area is 116 Å². The largest absolute Gasteiger partial charge is 0.486 e. The van der Waals surface area contributed by atoms with Crippen LogP contribution in [0, 0.1) is 18.3 Å². The minimum absolute atomic E-state index is 0.440. The molecule has 0 N–H and O–H groups in total. The maximum absolute atomic E-state index is 9.10. The molecule has 3 nitrogen and oxygen atoms in total. The van der Waals surface area contributed by atoms with Crippen molar-refractivity contribution in [2.24, 2.45) is 0 Å². The summed E-state index contributed by atoms with van der Waals surface area (Å²) in [4.78, 5) is 5.30. The Hall–Kier alpha value is -1.86. The molecule has 1 fully saturated rings. The minimum Gasteiger partial charge on any atom is -0.486 e. The molecule has 1 saturated carbocycles. The van der Waals surface area contributed by atoms with Gasteiger partial charge in [-0.2, -0.15) is 5.26 Å². The average Bonchev–Trinajstić information content (AvgIpc) is 3.19. The van der Waals surface area contributed by atoms with E-state index < -0.39 is 0 Å². The topological polar surface area (TPSA) is 45.9 Å². The van der Waals surface area contributed by atoms with Crippen molar-refractivity contribution >= 4 is 11.3 Å². The number of benzene rings is 1. The van der Waals surface area contributed by atoms with Crippen molar-refractivity contribution in [3.63, 3.8) is 0 Å². The lowest BCUT2D eigenvalue weighted by Crippen LogP contribution is -1.95. The lowest BCUT2D eigenvalue weighted by Gasteiger charge is -2.03. The Kier molecular flexibility index (Phi) is 3.22. The Balaban J connectivity index is 1.70. The molecule has 0 spiro atoms. The molecule has 96 valence electrons. The van der Waals surface area contributed by atoms with E-state index >= 15 is 0 Å². The maximum Gasteiger partial charge on any atom is 0.140 e. The van der Waals surface area contributed by atoms with Gasteiger partial charge in [-0.3, -0.25) is 0 Å². The lowest BCUT2D eigenvalue weighted by molar-refractivity contribution is 0.305. The Bertz CT molecular complexity index is 621. The van der Waals surface area contributed by atoms with Crippen LogP contribution in [-0.2, 0) is 6.61 Å². The van der Waals surface area contributed by atoms with Gasteiger partial charge in [0.05, 0.1) is 5.69 Å². The molecule has 1 heterocycles. The van der Waals surface area contributed by atoms with Gasteiger partial charge < -0.3 is 4.74 Å². The maximum atomic E-state index is 9.10. The number of aromatic nitrogens is 1. The molecule has 0 amide bonds. The van der Waals surface area contributed by atoms with Crippen LogP contribution in [0.4, 0.5) is 0 Å². The van der Waals surface area contributed by atoms with Gasteiger partial charge in [0, 0.05) is 5.92 Å². The first-order valence-electron chi connectivity index (χ1n) is 6.35. The monoisotopic (exact) mass is 270 g/mol. The third-order valence-electron chi connectivity index (χ3n) is 3.15. The van der Waals surface area contributed by atoms with Gasteiger partial charge in [0.25, 0.3) is 0 Å². The number of nitrogens with zero attached hydrogens (tertiary/aromatic N) is 2. The van der Waals surface area contributed by atoms with Gasteiger partial charge in [0.15, 0.2) is 0 Å². The Morgan fingerprint density at radius 1 is 1.37 bits per heavy atom. The number of ether oxygens (including phenoxy) is 1. The molecule has 0 radical (unpaired) electrons. The van der Waals surface area contributed by atoms with Crippen molar-refractivity contribution in [1.82, 2.24) is 4.98 Å². The normalized spacial score (nSPS) is 14.1. The molecule has 4 heteroatoms. The van der Waals surface area contributed by atoms with E-state index in [0.29, 0.717) is 12.5 Å². The molecule has 1 aliphatic rings. The first-order valence-corrected chi connectivity index (χ1v) is 7.17. The minimum atomic E-state index is 0.440. The second-order valence-electron chi connectivity index (χ2n) is 4.81. The van der Waals surface area contributed by atoms with Gasteiger partial charge in [0.1, 0.15) is 28.3 Å². The summed E-state index contributed by atoms with van der Waals surface area (Å²) in [7, 11) is 0. The van der Waals surface area contributed by atoms with E-state index in [1.54, 1.807) is 0 Å². The summed E-state index contributed by atoms with van der Waals surface area (Å²) in [5, 5.41) is 9.99. The fraction of sp³-hybridized carbons (Fsp3) is 0.333. The molecular formula is C15H14N2OS. The lowest BCUT2D eigenvalue weighted by atomic mass is 10.2. The van der Waals surface area contributed by atoms with Crippen molar-refractivity contribution in [1.29, 1.82) is 5.26 Å². The molecule has 1 aliphatic carbocycles. The van der Waals surface area contributed by atoms with E-state index in [1.807, 2.05) is 31.2 Å². The van der Waals surface area contributed by atoms with E-state index in [4.69, 9.17) is 10.00 Å². The summed E-state index contributed by atoms with van der Waals surface area (Å²) in [5.41, 5.74) is 2.19. The van der Waals surface area contributed by atoms with Crippen LogP contribution in [0.3, 0.4) is 0 Å². The zero-order valence-electron chi connectivity index (χ0n) is 10.7. The van der Waals surface area contributed by atoms with Crippen LogP contribution in [-0.4, -0.2) is 4.98 Å². The van der Waals surface area contributed by atoms with Gasteiger partial charge in [-0.15, -0.1) is 11.3 Å². The molecule has 0 bridgehead atoms. The van der Waals surface area contributed by atoms with E-state index in [1.165, 1.54) is 16.9 Å². The highest BCUT2D eigenvalue weighted by Crippen LogP contribution is 2.42. The zero-order chi connectivity index (χ0) is 13.2. The van der Waals surface area contributed by atoms with Gasteiger partial charge in [0.2, 0.25) is 0 Å². The quantitative estimate of drug-likeness (QED) is 0.849. The number of aryl methyl sites for hydroxylation is 1. The van der Waals surface area contributed by atoms with Crippen molar-refractivity contribution in [3.05, 3.63) is 45.4 Å². The summed E-state index contributed by atoms with van der Waals surface area (Å²) in [6.45, 7) is 2.49. The highest BCUT2D eigenvalue weighted by atomic mass is 32.1. The van der Waals surface area contributed by atoms with Crippen LogP contribution in [0.25, 0.3) is 0 Å². The summed E-state index contributed by atoms with van der Waals surface area (Å²) in [6.07, 6.45) is 2.33. The van der Waals surface area contributed by atoms with Crippen molar-refractivity contribution < 1.29 is 4.74 Å². The number of rotatable bonds is 4. The number of nitriles is 1. The van der Waals surface area contributed by atoms with Crippen LogP contribution in [0.1, 0.15) is 39.9 Å². The summed E-state index contributed by atoms with van der Waals surface area (Å²) >= 11 is 1.45. The van der Waals surface area contributed by atoms with E-state index in [0.717, 1.165) is 34.2 Å². The van der Waals surface area contributed by atoms with Crippen LogP contribution >= 0.6 is 11.3 Å². The van der Waals surface area contributed by atoms with Crippen molar-refractivity contribution in [2.75, 3.05) is 0 Å². The van der Waals surface area contributed by atoms with Crippen LogP contribution in [0.15, 0.2) is 24.3 Å². The third kappa shape index (κ3) is 2.77. The van der Waals surface area contributed by atoms with Crippen LogP contribution in [0.5, 0.6) is 5.75 Å². The molecule has 0 atom stereocenters. The highest BCUT2D eigenvalue weighted by molar-refractivity contribution is 7.12.